The van der Waals surface area contributed by atoms with Crippen molar-refractivity contribution in [1.82, 2.24) is 4.90 Å². The van der Waals surface area contributed by atoms with Crippen LogP contribution in [-0.2, 0) is 16.1 Å². The van der Waals surface area contributed by atoms with Gasteiger partial charge in [-0.25, -0.2) is 9.18 Å². The lowest BCUT2D eigenvalue weighted by molar-refractivity contribution is -0.156. The van der Waals surface area contributed by atoms with E-state index in [2.05, 4.69) is 0 Å². The molecule has 0 bridgehead atoms. The third kappa shape index (κ3) is 2.96. The second-order valence-electron chi connectivity index (χ2n) is 4.21. The zero-order valence-corrected chi connectivity index (χ0v) is 9.67. The first kappa shape index (κ1) is 12.8. The number of hydrogen-bond acceptors (Lipinski definition) is 4. The number of aromatic hydroxyl groups is 1. The summed E-state index contributed by atoms with van der Waals surface area (Å²) in [5.41, 5.74) is 0.445. The number of hydrogen-bond donors (Lipinski definition) is 2. The molecular formula is C12H14FNO4. The number of ether oxygens (including phenoxy) is 1. The lowest BCUT2D eigenvalue weighted by Gasteiger charge is -2.30. The van der Waals surface area contributed by atoms with Gasteiger partial charge in [0.05, 0.1) is 6.61 Å². The van der Waals surface area contributed by atoms with Crippen LogP contribution < -0.4 is 0 Å². The lowest BCUT2D eigenvalue weighted by Crippen LogP contribution is -2.45. The molecule has 1 heterocycles. The molecule has 98 valence electrons. The maximum atomic E-state index is 13.1. The standard InChI is InChI=1S/C12H14FNO4/c13-9-1-2-10(15)8(5-9)6-14-3-4-18-11(7-14)12(16)17/h1-2,5,11,15H,3-4,6-7H2,(H,16,17). The van der Waals surface area contributed by atoms with Crippen molar-refractivity contribution in [2.24, 2.45) is 0 Å². The number of nitrogens with zero attached hydrogens (tertiary/aromatic N) is 1. The van der Waals surface area contributed by atoms with Gasteiger partial charge in [0.15, 0.2) is 6.10 Å². The molecule has 6 heteroatoms. The Bertz CT molecular complexity index is 452. The van der Waals surface area contributed by atoms with E-state index in [1.165, 1.54) is 18.2 Å². The summed E-state index contributed by atoms with van der Waals surface area (Å²) < 4.78 is 18.1. The predicted octanol–water partition coefficient (Wildman–Crippen LogP) is 0.817. The van der Waals surface area contributed by atoms with Gasteiger partial charge in [-0.1, -0.05) is 0 Å². The Hall–Kier alpha value is -1.66. The highest BCUT2D eigenvalue weighted by atomic mass is 19.1. The molecule has 0 radical (unpaired) electrons. The maximum Gasteiger partial charge on any atom is 0.334 e. The van der Waals surface area contributed by atoms with Gasteiger partial charge in [-0.3, -0.25) is 4.90 Å². The smallest absolute Gasteiger partial charge is 0.334 e. The van der Waals surface area contributed by atoms with E-state index in [-0.39, 0.29) is 12.3 Å². The Morgan fingerprint density at radius 2 is 2.33 bits per heavy atom. The predicted molar refractivity (Wildman–Crippen MR) is 60.7 cm³/mol. The number of carboxylic acids is 1. The van der Waals surface area contributed by atoms with Crippen LogP contribution in [0.3, 0.4) is 0 Å². The topological polar surface area (TPSA) is 70.0 Å². The van der Waals surface area contributed by atoms with Gasteiger partial charge < -0.3 is 14.9 Å². The number of phenolic OH excluding ortho intramolecular Hbond substituents is 1. The van der Waals surface area contributed by atoms with Gasteiger partial charge >= 0.3 is 5.97 Å². The fraction of sp³-hybridized carbons (Fsp3) is 0.417. The van der Waals surface area contributed by atoms with Crippen LogP contribution in [0.1, 0.15) is 5.56 Å². The highest BCUT2D eigenvalue weighted by molar-refractivity contribution is 5.72. The SMILES string of the molecule is O=C(O)C1CN(Cc2cc(F)ccc2O)CCO1. The van der Waals surface area contributed by atoms with Crippen LogP contribution in [0.2, 0.25) is 0 Å². The zero-order chi connectivity index (χ0) is 13.1. The average molecular weight is 255 g/mol. The second kappa shape index (κ2) is 5.32. The summed E-state index contributed by atoms with van der Waals surface area (Å²) in [6.45, 7) is 1.40. The molecule has 1 saturated heterocycles. The molecule has 1 aromatic carbocycles. The minimum Gasteiger partial charge on any atom is -0.508 e. The van der Waals surface area contributed by atoms with Crippen molar-refractivity contribution in [2.75, 3.05) is 19.7 Å². The molecule has 1 atom stereocenters. The largest absolute Gasteiger partial charge is 0.508 e. The molecule has 1 unspecified atom stereocenters. The first-order valence-corrected chi connectivity index (χ1v) is 5.60. The number of halogens is 1. The summed E-state index contributed by atoms with van der Waals surface area (Å²) >= 11 is 0. The molecule has 0 amide bonds. The van der Waals surface area contributed by atoms with Crippen molar-refractivity contribution < 1.29 is 24.1 Å². The van der Waals surface area contributed by atoms with Gasteiger partial charge in [0.2, 0.25) is 0 Å². The van der Waals surface area contributed by atoms with Crippen LogP contribution in [0.5, 0.6) is 5.75 Å². The van der Waals surface area contributed by atoms with Gasteiger partial charge in [0, 0.05) is 25.2 Å². The van der Waals surface area contributed by atoms with E-state index in [0.29, 0.717) is 25.3 Å². The molecule has 1 aliphatic rings. The van der Waals surface area contributed by atoms with Crippen LogP contribution in [-0.4, -0.2) is 46.9 Å². The maximum absolute atomic E-state index is 13.1. The molecule has 0 spiro atoms. The Morgan fingerprint density at radius 3 is 3.06 bits per heavy atom. The van der Waals surface area contributed by atoms with Crippen molar-refractivity contribution in [3.05, 3.63) is 29.6 Å². The van der Waals surface area contributed by atoms with Gasteiger partial charge in [-0.2, -0.15) is 0 Å². The van der Waals surface area contributed by atoms with Crippen LogP contribution >= 0.6 is 0 Å². The van der Waals surface area contributed by atoms with Crippen LogP contribution in [0, 0.1) is 5.82 Å². The van der Waals surface area contributed by atoms with E-state index in [1.807, 2.05) is 4.90 Å². The number of morpholine rings is 1. The summed E-state index contributed by atoms with van der Waals surface area (Å²) in [6, 6.07) is 3.72. The molecule has 0 aliphatic carbocycles. The molecule has 1 aromatic rings. The van der Waals surface area contributed by atoms with Gasteiger partial charge in [0.25, 0.3) is 0 Å². The fourth-order valence-corrected chi connectivity index (χ4v) is 1.92. The molecule has 5 nitrogen and oxygen atoms in total. The lowest BCUT2D eigenvalue weighted by atomic mass is 10.1. The first-order chi connectivity index (χ1) is 8.56. The third-order valence-electron chi connectivity index (χ3n) is 2.86. The van der Waals surface area contributed by atoms with Crippen molar-refractivity contribution in [3.63, 3.8) is 0 Å². The fourth-order valence-electron chi connectivity index (χ4n) is 1.92. The van der Waals surface area contributed by atoms with Gasteiger partial charge in [-0.05, 0) is 18.2 Å². The van der Waals surface area contributed by atoms with E-state index >= 15 is 0 Å². The number of phenols is 1. The van der Waals surface area contributed by atoms with E-state index in [4.69, 9.17) is 9.84 Å². The number of benzene rings is 1. The molecule has 2 N–H and O–H groups in total. The number of carbonyl (C=O) groups is 1. The van der Waals surface area contributed by atoms with Gasteiger partial charge in [0.1, 0.15) is 11.6 Å². The summed E-state index contributed by atoms with van der Waals surface area (Å²) in [7, 11) is 0. The Kier molecular flexibility index (Phi) is 3.78. The number of rotatable bonds is 3. The van der Waals surface area contributed by atoms with E-state index in [9.17, 15) is 14.3 Å². The van der Waals surface area contributed by atoms with Crippen LogP contribution in [0.15, 0.2) is 18.2 Å². The van der Waals surface area contributed by atoms with Crippen molar-refractivity contribution in [2.45, 2.75) is 12.6 Å². The molecule has 0 aromatic heterocycles. The molecular weight excluding hydrogens is 241 g/mol. The minimum atomic E-state index is -1.01. The average Bonchev–Trinajstić information content (AvgIpc) is 2.34. The van der Waals surface area contributed by atoms with E-state index in [0.717, 1.165) is 0 Å². The number of aliphatic carboxylic acids is 1. The molecule has 1 aliphatic heterocycles. The summed E-state index contributed by atoms with van der Waals surface area (Å²) in [4.78, 5) is 12.6. The molecule has 0 saturated carbocycles. The minimum absolute atomic E-state index is 0.00904. The van der Waals surface area contributed by atoms with E-state index in [1.54, 1.807) is 0 Å². The highest BCUT2D eigenvalue weighted by Gasteiger charge is 2.26. The number of carboxylic acid groups (broad SMARTS) is 1. The third-order valence-corrected chi connectivity index (χ3v) is 2.86. The Morgan fingerprint density at radius 1 is 1.56 bits per heavy atom. The van der Waals surface area contributed by atoms with Crippen LogP contribution in [0.4, 0.5) is 4.39 Å². The Labute approximate surface area is 103 Å². The van der Waals surface area contributed by atoms with Crippen LogP contribution in [0.25, 0.3) is 0 Å². The molecule has 1 fully saturated rings. The summed E-state index contributed by atoms with van der Waals surface area (Å²) in [6.07, 6.45) is -0.866. The van der Waals surface area contributed by atoms with E-state index < -0.39 is 17.9 Å². The monoisotopic (exact) mass is 255 g/mol. The first-order valence-electron chi connectivity index (χ1n) is 5.60. The summed E-state index contributed by atoms with van der Waals surface area (Å²) in [5.74, 6) is -1.43. The highest BCUT2D eigenvalue weighted by Crippen LogP contribution is 2.20. The Balaban J connectivity index is 2.04. The molecule has 18 heavy (non-hydrogen) atoms. The van der Waals surface area contributed by atoms with Crippen molar-refractivity contribution >= 4 is 5.97 Å². The quantitative estimate of drug-likeness (QED) is 0.836. The summed E-state index contributed by atoms with van der Waals surface area (Å²) in [5, 5.41) is 18.5. The second-order valence-corrected chi connectivity index (χ2v) is 4.21. The van der Waals surface area contributed by atoms with Crippen molar-refractivity contribution in [1.29, 1.82) is 0 Å². The molecule has 2 rings (SSSR count). The normalized spacial score (nSPS) is 20.8. The zero-order valence-electron chi connectivity index (χ0n) is 9.67. The van der Waals surface area contributed by atoms with Crippen molar-refractivity contribution in [3.8, 4) is 5.75 Å². The van der Waals surface area contributed by atoms with Gasteiger partial charge in [-0.15, -0.1) is 0 Å².